The van der Waals surface area contributed by atoms with Crippen molar-refractivity contribution in [3.05, 3.63) is 24.2 Å². The zero-order chi connectivity index (χ0) is 18.4. The quantitative estimate of drug-likeness (QED) is 0.800. The molecule has 2 aliphatic rings. The van der Waals surface area contributed by atoms with E-state index >= 15 is 0 Å². The molecule has 1 aromatic heterocycles. The summed E-state index contributed by atoms with van der Waals surface area (Å²) >= 11 is 0. The second-order valence-electron chi connectivity index (χ2n) is 7.89. The van der Waals surface area contributed by atoms with E-state index in [-0.39, 0.29) is 18.6 Å². The van der Waals surface area contributed by atoms with Crippen molar-refractivity contribution in [1.82, 2.24) is 14.7 Å². The molecule has 0 bridgehead atoms. The lowest BCUT2D eigenvalue weighted by Gasteiger charge is -2.41. The zero-order valence-electron chi connectivity index (χ0n) is 16.0. The molecule has 146 valence electrons. The fourth-order valence-electron chi connectivity index (χ4n) is 4.20. The highest BCUT2D eigenvalue weighted by Crippen LogP contribution is 2.23. The third-order valence-electron chi connectivity index (χ3n) is 5.99. The van der Waals surface area contributed by atoms with E-state index in [2.05, 4.69) is 16.8 Å². The Hall–Kier alpha value is -1.37. The normalized spacial score (nSPS) is 23.5. The monoisotopic (exact) mass is 363 g/mol. The molecule has 0 saturated carbocycles. The Morgan fingerprint density at radius 1 is 1.23 bits per heavy atom. The van der Waals surface area contributed by atoms with Gasteiger partial charge in [0.05, 0.1) is 12.5 Å². The van der Waals surface area contributed by atoms with Crippen molar-refractivity contribution < 1.29 is 14.3 Å². The number of carbonyl (C=O) groups excluding carboxylic acids is 1. The van der Waals surface area contributed by atoms with Crippen molar-refractivity contribution in [2.45, 2.75) is 44.7 Å². The van der Waals surface area contributed by atoms with Crippen LogP contribution in [-0.2, 0) is 11.3 Å². The van der Waals surface area contributed by atoms with Gasteiger partial charge in [-0.25, -0.2) is 0 Å². The topological polar surface area (TPSA) is 60.2 Å². The molecule has 0 aliphatic carbocycles. The van der Waals surface area contributed by atoms with E-state index in [1.54, 1.807) is 12.5 Å². The van der Waals surface area contributed by atoms with Crippen LogP contribution in [0.5, 0.6) is 0 Å². The van der Waals surface area contributed by atoms with Gasteiger partial charge in [0.1, 0.15) is 0 Å². The summed E-state index contributed by atoms with van der Waals surface area (Å²) < 4.78 is 5.16. The third-order valence-corrected chi connectivity index (χ3v) is 5.99. The molecule has 3 heterocycles. The molecule has 3 rings (SSSR count). The number of hydrogen-bond acceptors (Lipinski definition) is 5. The minimum Gasteiger partial charge on any atom is -0.472 e. The number of likely N-dealkylation sites (tertiary alicyclic amines) is 1. The van der Waals surface area contributed by atoms with E-state index in [0.717, 1.165) is 51.3 Å². The maximum atomic E-state index is 12.7. The number of furan rings is 1. The van der Waals surface area contributed by atoms with Crippen LogP contribution < -0.4 is 0 Å². The Bertz CT molecular complexity index is 541. The van der Waals surface area contributed by atoms with Crippen molar-refractivity contribution in [3.8, 4) is 0 Å². The predicted molar refractivity (Wildman–Crippen MR) is 101 cm³/mol. The summed E-state index contributed by atoms with van der Waals surface area (Å²) in [4.78, 5) is 19.4. The Kier molecular flexibility index (Phi) is 7.11. The van der Waals surface area contributed by atoms with Crippen LogP contribution in [0.2, 0.25) is 0 Å². The molecule has 6 nitrogen and oxygen atoms in total. The average molecular weight is 364 g/mol. The average Bonchev–Trinajstić information content (AvgIpc) is 3.16. The number of piperidine rings is 1. The molecule has 1 amide bonds. The summed E-state index contributed by atoms with van der Waals surface area (Å²) in [5, 5.41) is 9.43. The standard InChI is InChI=1S/C20H33N3O3/c1-21-8-4-17(5-9-21)2-3-20(25)23-11-10-22(19(15-23)6-12-24)14-18-7-13-26-16-18/h7,13,16-17,19,24H,2-6,8-12,14-15H2,1H3/t19-/m0/s1. The number of aliphatic hydroxyl groups is 1. The molecule has 1 N–H and O–H groups in total. The number of amides is 1. The summed E-state index contributed by atoms with van der Waals surface area (Å²) in [5.41, 5.74) is 1.15. The van der Waals surface area contributed by atoms with Crippen LogP contribution in [0.3, 0.4) is 0 Å². The number of aliphatic hydroxyl groups excluding tert-OH is 1. The Labute approximate surface area is 156 Å². The highest BCUT2D eigenvalue weighted by molar-refractivity contribution is 5.76. The molecule has 1 atom stereocenters. The van der Waals surface area contributed by atoms with Crippen LogP contribution >= 0.6 is 0 Å². The van der Waals surface area contributed by atoms with Gasteiger partial charge in [-0.15, -0.1) is 0 Å². The zero-order valence-corrected chi connectivity index (χ0v) is 16.0. The van der Waals surface area contributed by atoms with Crippen LogP contribution in [0.1, 0.15) is 37.7 Å². The van der Waals surface area contributed by atoms with Crippen molar-refractivity contribution in [2.75, 3.05) is 46.4 Å². The van der Waals surface area contributed by atoms with Gasteiger partial charge in [0, 0.05) is 50.8 Å². The van der Waals surface area contributed by atoms with Gasteiger partial charge in [-0.3, -0.25) is 9.69 Å². The van der Waals surface area contributed by atoms with Gasteiger partial charge < -0.3 is 19.3 Å². The van der Waals surface area contributed by atoms with Gasteiger partial charge in [-0.1, -0.05) is 0 Å². The highest BCUT2D eigenvalue weighted by Gasteiger charge is 2.29. The van der Waals surface area contributed by atoms with Gasteiger partial charge in [0.25, 0.3) is 0 Å². The maximum absolute atomic E-state index is 12.7. The van der Waals surface area contributed by atoms with E-state index < -0.39 is 0 Å². The lowest BCUT2D eigenvalue weighted by atomic mass is 9.92. The summed E-state index contributed by atoms with van der Waals surface area (Å²) in [6, 6.07) is 2.20. The van der Waals surface area contributed by atoms with E-state index in [0.29, 0.717) is 18.8 Å². The Morgan fingerprint density at radius 3 is 2.73 bits per heavy atom. The van der Waals surface area contributed by atoms with E-state index in [9.17, 15) is 9.90 Å². The molecule has 0 aromatic carbocycles. The van der Waals surface area contributed by atoms with E-state index in [1.165, 1.54) is 12.8 Å². The predicted octanol–water partition coefficient (Wildman–Crippen LogP) is 1.80. The van der Waals surface area contributed by atoms with Gasteiger partial charge in [0.15, 0.2) is 0 Å². The molecule has 2 aliphatic heterocycles. The minimum absolute atomic E-state index is 0.157. The molecular weight excluding hydrogens is 330 g/mol. The highest BCUT2D eigenvalue weighted by atomic mass is 16.3. The molecule has 26 heavy (non-hydrogen) atoms. The fraction of sp³-hybridized carbons (Fsp3) is 0.750. The van der Waals surface area contributed by atoms with E-state index in [1.807, 2.05) is 11.0 Å². The van der Waals surface area contributed by atoms with Gasteiger partial charge in [0.2, 0.25) is 5.91 Å². The molecular formula is C20H33N3O3. The molecule has 0 radical (unpaired) electrons. The number of nitrogens with zero attached hydrogens (tertiary/aromatic N) is 3. The lowest BCUT2D eigenvalue weighted by Crippen LogP contribution is -2.54. The first kappa shape index (κ1) is 19.4. The Balaban J connectivity index is 1.47. The van der Waals surface area contributed by atoms with Gasteiger partial charge in [-0.2, -0.15) is 0 Å². The van der Waals surface area contributed by atoms with Crippen molar-refractivity contribution >= 4 is 5.91 Å². The minimum atomic E-state index is 0.157. The van der Waals surface area contributed by atoms with Crippen molar-refractivity contribution in [1.29, 1.82) is 0 Å². The molecule has 1 aromatic rings. The maximum Gasteiger partial charge on any atom is 0.222 e. The van der Waals surface area contributed by atoms with E-state index in [4.69, 9.17) is 4.42 Å². The number of rotatable bonds is 7. The van der Waals surface area contributed by atoms with Crippen LogP contribution in [0.25, 0.3) is 0 Å². The molecule has 6 heteroatoms. The lowest BCUT2D eigenvalue weighted by molar-refractivity contribution is -0.135. The number of carbonyl (C=O) groups is 1. The SMILES string of the molecule is CN1CCC(CCC(=O)N2CCN(Cc3ccoc3)[C@@H](CCO)C2)CC1. The molecule has 0 unspecified atom stereocenters. The summed E-state index contributed by atoms with van der Waals surface area (Å²) in [5.74, 6) is 0.987. The number of piperazine rings is 1. The first-order valence-corrected chi connectivity index (χ1v) is 9.98. The van der Waals surface area contributed by atoms with Crippen LogP contribution in [-0.4, -0.2) is 78.1 Å². The van der Waals surface area contributed by atoms with Crippen LogP contribution in [0.4, 0.5) is 0 Å². The largest absolute Gasteiger partial charge is 0.472 e. The van der Waals surface area contributed by atoms with Gasteiger partial charge in [-0.05, 0) is 57.8 Å². The summed E-state index contributed by atoms with van der Waals surface area (Å²) in [7, 11) is 2.17. The third kappa shape index (κ3) is 5.32. The van der Waals surface area contributed by atoms with Crippen molar-refractivity contribution in [3.63, 3.8) is 0 Å². The first-order valence-electron chi connectivity index (χ1n) is 9.98. The molecule has 2 saturated heterocycles. The summed E-state index contributed by atoms with van der Waals surface area (Å²) in [6.45, 7) is 5.66. The first-order chi connectivity index (χ1) is 12.7. The molecule has 0 spiro atoms. The van der Waals surface area contributed by atoms with Gasteiger partial charge >= 0.3 is 0 Å². The Morgan fingerprint density at radius 2 is 2.04 bits per heavy atom. The number of hydrogen-bond donors (Lipinski definition) is 1. The summed E-state index contributed by atoms with van der Waals surface area (Å²) in [6.07, 6.45) is 8.30. The fourth-order valence-corrected chi connectivity index (χ4v) is 4.20. The molecule has 2 fully saturated rings. The second-order valence-corrected chi connectivity index (χ2v) is 7.89. The van der Waals surface area contributed by atoms with Crippen molar-refractivity contribution in [2.24, 2.45) is 5.92 Å². The second kappa shape index (κ2) is 9.53. The van der Waals surface area contributed by atoms with Crippen LogP contribution in [0.15, 0.2) is 23.0 Å². The van der Waals surface area contributed by atoms with Crippen LogP contribution in [0, 0.1) is 5.92 Å². The smallest absolute Gasteiger partial charge is 0.222 e.